The van der Waals surface area contributed by atoms with Crippen molar-refractivity contribution < 1.29 is 22.3 Å². The summed E-state index contributed by atoms with van der Waals surface area (Å²) in [6.07, 6.45) is 1.65. The highest BCUT2D eigenvalue weighted by molar-refractivity contribution is 7.90. The van der Waals surface area contributed by atoms with Crippen LogP contribution in [0.5, 0.6) is 0 Å². The fraction of sp³-hybridized carbons (Fsp3) is 0.250. The van der Waals surface area contributed by atoms with Gasteiger partial charge in [-0.15, -0.1) is 0 Å². The van der Waals surface area contributed by atoms with Gasteiger partial charge in [0.1, 0.15) is 23.1 Å². The standard InChI is InChI=1S/C24H22FN5O4S/c1-24(2,3)34-23(31)29(4)14-17-15-30(35(32,33)18-8-5-7-16(11-18)12-26)22(21(17)25)19-9-6-10-28-20(19)13-27/h5-11,15H,14H2,1-4H3. The average molecular weight is 496 g/mol. The number of pyridine rings is 1. The molecule has 0 radical (unpaired) electrons. The van der Waals surface area contributed by atoms with Gasteiger partial charge in [-0.2, -0.15) is 10.5 Å². The zero-order valence-electron chi connectivity index (χ0n) is 19.5. The van der Waals surface area contributed by atoms with Gasteiger partial charge in [0.2, 0.25) is 0 Å². The third-order valence-electron chi connectivity index (χ3n) is 4.78. The van der Waals surface area contributed by atoms with E-state index in [1.54, 1.807) is 20.8 Å². The van der Waals surface area contributed by atoms with Crippen LogP contribution in [0.2, 0.25) is 0 Å². The van der Waals surface area contributed by atoms with Crippen molar-refractivity contribution in [1.29, 1.82) is 10.5 Å². The molecule has 180 valence electrons. The molecule has 0 N–H and O–H groups in total. The molecule has 3 aromatic rings. The van der Waals surface area contributed by atoms with Crippen LogP contribution in [-0.4, -0.2) is 41.0 Å². The fourth-order valence-corrected chi connectivity index (χ4v) is 4.67. The minimum absolute atomic E-state index is 0.0429. The first kappa shape index (κ1) is 25.4. The number of hydrogen-bond donors (Lipinski definition) is 0. The molecule has 3 rings (SSSR count). The third kappa shape index (κ3) is 5.31. The molecule has 2 aromatic heterocycles. The fourth-order valence-electron chi connectivity index (χ4n) is 3.23. The minimum Gasteiger partial charge on any atom is -0.444 e. The Hall–Kier alpha value is -4.22. The highest BCUT2D eigenvalue weighted by atomic mass is 32.2. The zero-order valence-corrected chi connectivity index (χ0v) is 20.3. The maximum atomic E-state index is 15.8. The highest BCUT2D eigenvalue weighted by Crippen LogP contribution is 2.33. The summed E-state index contributed by atoms with van der Waals surface area (Å²) in [5.41, 5.74) is -1.44. The monoisotopic (exact) mass is 495 g/mol. The molecule has 0 unspecified atom stereocenters. The van der Waals surface area contributed by atoms with E-state index in [4.69, 9.17) is 4.74 Å². The van der Waals surface area contributed by atoms with E-state index in [-0.39, 0.29) is 33.8 Å². The molecule has 0 aliphatic heterocycles. The first-order valence-electron chi connectivity index (χ1n) is 10.3. The van der Waals surface area contributed by atoms with E-state index in [1.807, 2.05) is 12.1 Å². The topological polar surface area (TPSA) is 129 Å². The number of nitriles is 2. The number of aromatic nitrogens is 2. The van der Waals surface area contributed by atoms with Crippen molar-refractivity contribution in [1.82, 2.24) is 13.9 Å². The van der Waals surface area contributed by atoms with E-state index in [2.05, 4.69) is 4.98 Å². The summed E-state index contributed by atoms with van der Waals surface area (Å²) in [6, 6.07) is 11.8. The number of benzene rings is 1. The summed E-state index contributed by atoms with van der Waals surface area (Å²) >= 11 is 0. The lowest BCUT2D eigenvalue weighted by Crippen LogP contribution is -2.33. The predicted molar refractivity (Wildman–Crippen MR) is 124 cm³/mol. The number of ether oxygens (including phenoxy) is 1. The van der Waals surface area contributed by atoms with E-state index in [9.17, 15) is 23.7 Å². The molecule has 2 heterocycles. The molecule has 0 saturated heterocycles. The van der Waals surface area contributed by atoms with Crippen molar-refractivity contribution in [2.24, 2.45) is 0 Å². The van der Waals surface area contributed by atoms with Gasteiger partial charge in [-0.25, -0.2) is 26.6 Å². The molecule has 0 atom stereocenters. The molecule has 0 aliphatic rings. The predicted octanol–water partition coefficient (Wildman–Crippen LogP) is 4.04. The molecule has 1 aromatic carbocycles. The molecule has 1 amide bonds. The average Bonchev–Trinajstić information content (AvgIpc) is 3.14. The lowest BCUT2D eigenvalue weighted by molar-refractivity contribution is 0.0284. The second-order valence-electron chi connectivity index (χ2n) is 8.61. The normalized spacial score (nSPS) is 11.4. The van der Waals surface area contributed by atoms with Gasteiger partial charge in [0, 0.05) is 30.6 Å². The van der Waals surface area contributed by atoms with Gasteiger partial charge in [-0.3, -0.25) is 0 Å². The number of carbonyl (C=O) groups is 1. The zero-order chi connectivity index (χ0) is 26.0. The van der Waals surface area contributed by atoms with Gasteiger partial charge in [0.25, 0.3) is 10.0 Å². The quantitative estimate of drug-likeness (QED) is 0.522. The van der Waals surface area contributed by atoms with Gasteiger partial charge in [0.05, 0.1) is 23.1 Å². The van der Waals surface area contributed by atoms with E-state index in [0.29, 0.717) is 3.97 Å². The van der Waals surface area contributed by atoms with Gasteiger partial charge in [-0.05, 0) is 51.1 Å². The maximum Gasteiger partial charge on any atom is 0.410 e. The second kappa shape index (κ2) is 9.57. The van der Waals surface area contributed by atoms with Crippen molar-refractivity contribution in [2.75, 3.05) is 7.05 Å². The lowest BCUT2D eigenvalue weighted by atomic mass is 10.1. The van der Waals surface area contributed by atoms with Crippen molar-refractivity contribution in [3.63, 3.8) is 0 Å². The number of halogens is 1. The molecule has 0 saturated carbocycles. The van der Waals surface area contributed by atoms with Crippen LogP contribution in [0.3, 0.4) is 0 Å². The van der Waals surface area contributed by atoms with E-state index in [1.165, 1.54) is 43.6 Å². The second-order valence-corrected chi connectivity index (χ2v) is 10.4. The van der Waals surface area contributed by atoms with Crippen LogP contribution < -0.4 is 0 Å². The van der Waals surface area contributed by atoms with Crippen LogP contribution in [0.15, 0.2) is 53.7 Å². The summed E-state index contributed by atoms with van der Waals surface area (Å²) in [5, 5.41) is 18.7. The molecule has 0 spiro atoms. The molecular formula is C24H22FN5O4S. The summed E-state index contributed by atoms with van der Waals surface area (Å²) in [4.78, 5) is 17.2. The Morgan fingerprint density at radius 3 is 2.54 bits per heavy atom. The van der Waals surface area contributed by atoms with Crippen LogP contribution in [-0.2, 0) is 21.3 Å². The Morgan fingerprint density at radius 1 is 1.20 bits per heavy atom. The Labute approximate surface area is 202 Å². The Bertz CT molecular complexity index is 1480. The number of carbonyl (C=O) groups excluding carboxylic acids is 1. The van der Waals surface area contributed by atoms with E-state index in [0.717, 1.165) is 17.2 Å². The van der Waals surface area contributed by atoms with Crippen LogP contribution in [0.1, 0.15) is 37.6 Å². The highest BCUT2D eigenvalue weighted by Gasteiger charge is 2.30. The summed E-state index contributed by atoms with van der Waals surface area (Å²) in [6.45, 7) is 4.74. The smallest absolute Gasteiger partial charge is 0.410 e. The number of hydrogen-bond acceptors (Lipinski definition) is 7. The first-order chi connectivity index (χ1) is 16.4. The molecular weight excluding hydrogens is 473 g/mol. The van der Waals surface area contributed by atoms with Gasteiger partial charge in [-0.1, -0.05) is 6.07 Å². The Morgan fingerprint density at radius 2 is 1.91 bits per heavy atom. The van der Waals surface area contributed by atoms with Crippen LogP contribution in [0.4, 0.5) is 9.18 Å². The summed E-state index contributed by atoms with van der Waals surface area (Å²) < 4.78 is 48.9. The van der Waals surface area contributed by atoms with Crippen LogP contribution in [0.25, 0.3) is 11.3 Å². The van der Waals surface area contributed by atoms with Crippen LogP contribution in [0, 0.1) is 28.5 Å². The van der Waals surface area contributed by atoms with Gasteiger partial charge < -0.3 is 9.64 Å². The Balaban J connectivity index is 2.20. The molecule has 0 fully saturated rings. The van der Waals surface area contributed by atoms with E-state index >= 15 is 4.39 Å². The van der Waals surface area contributed by atoms with Crippen LogP contribution >= 0.6 is 0 Å². The van der Waals surface area contributed by atoms with Crippen molar-refractivity contribution in [3.8, 4) is 23.4 Å². The van der Waals surface area contributed by atoms with Crippen molar-refractivity contribution in [2.45, 2.75) is 37.8 Å². The number of amides is 1. The molecule has 0 aliphatic carbocycles. The molecule has 11 heteroatoms. The van der Waals surface area contributed by atoms with Gasteiger partial charge >= 0.3 is 6.09 Å². The van der Waals surface area contributed by atoms with Crippen molar-refractivity contribution >= 4 is 16.1 Å². The minimum atomic E-state index is -4.41. The lowest BCUT2D eigenvalue weighted by Gasteiger charge is -2.24. The Kier molecular flexibility index (Phi) is 6.94. The molecule has 35 heavy (non-hydrogen) atoms. The maximum absolute atomic E-state index is 15.8. The summed E-state index contributed by atoms with van der Waals surface area (Å²) in [5.74, 6) is -0.940. The van der Waals surface area contributed by atoms with Crippen molar-refractivity contribution in [3.05, 3.63) is 71.4 Å². The van der Waals surface area contributed by atoms with Gasteiger partial charge in [0.15, 0.2) is 5.82 Å². The number of nitrogens with zero attached hydrogens (tertiary/aromatic N) is 5. The molecule has 9 nitrogen and oxygen atoms in total. The first-order valence-corrected chi connectivity index (χ1v) is 11.8. The SMILES string of the molecule is CN(Cc1cn(S(=O)(=O)c2cccc(C#N)c2)c(-c2cccnc2C#N)c1F)C(=O)OC(C)(C)C. The molecule has 0 bridgehead atoms. The van der Waals surface area contributed by atoms with E-state index < -0.39 is 33.2 Å². The summed E-state index contributed by atoms with van der Waals surface area (Å²) in [7, 11) is -3.02. The largest absolute Gasteiger partial charge is 0.444 e. The third-order valence-corrected chi connectivity index (χ3v) is 6.44. The number of rotatable bonds is 5.